The van der Waals surface area contributed by atoms with Gasteiger partial charge in [-0.2, -0.15) is 0 Å². The maximum atomic E-state index is 12.5. The Balaban J connectivity index is 1.34. The number of furan rings is 1. The molecule has 8 heteroatoms. The van der Waals surface area contributed by atoms with Gasteiger partial charge in [-0.1, -0.05) is 17.7 Å². The average molecular weight is 439 g/mol. The topological polar surface area (TPSA) is 104 Å². The number of likely N-dealkylation sites (tertiary alicyclic amines) is 1. The molecule has 1 unspecified atom stereocenters. The summed E-state index contributed by atoms with van der Waals surface area (Å²) in [6.07, 6.45) is 6.60. The molecule has 1 aromatic carbocycles. The van der Waals surface area contributed by atoms with E-state index >= 15 is 0 Å². The Kier molecular flexibility index (Phi) is 8.48. The number of nitrogens with zero attached hydrogens (tertiary/aromatic N) is 1. The van der Waals surface area contributed by atoms with Crippen molar-refractivity contribution >= 4 is 29.6 Å². The fourth-order valence-electron chi connectivity index (χ4n) is 3.56. The first-order valence-corrected chi connectivity index (χ1v) is 10.9. The molecule has 2 aromatic rings. The summed E-state index contributed by atoms with van der Waals surface area (Å²) in [5, 5.41) is 8.43. The lowest BCUT2D eigenvalue weighted by Crippen LogP contribution is -2.45. The molecule has 2 heterocycles. The van der Waals surface area contributed by atoms with Gasteiger partial charge in [-0.05, 0) is 56.0 Å². The van der Waals surface area contributed by atoms with Crippen LogP contribution in [0.3, 0.4) is 0 Å². The van der Waals surface area contributed by atoms with Crippen LogP contribution >= 0.6 is 0 Å². The maximum absolute atomic E-state index is 12.5. The van der Waals surface area contributed by atoms with Gasteiger partial charge in [0, 0.05) is 44.4 Å². The molecule has 1 fully saturated rings. The normalized spacial score (nSPS) is 16.0. The predicted octanol–water partition coefficient (Wildman–Crippen LogP) is 3.17. The molecule has 1 saturated heterocycles. The van der Waals surface area contributed by atoms with Gasteiger partial charge in [0.2, 0.25) is 11.8 Å². The Bertz CT molecular complexity index is 922. The molecule has 1 aliphatic heterocycles. The molecule has 3 N–H and O–H groups in total. The van der Waals surface area contributed by atoms with Gasteiger partial charge in [-0.25, -0.2) is 4.79 Å². The number of amides is 4. The molecule has 3 rings (SSSR count). The molecule has 0 aliphatic carbocycles. The smallest absolute Gasteiger partial charge is 0.319 e. The number of anilines is 1. The molecule has 1 aromatic heterocycles. The molecular weight excluding hydrogens is 408 g/mol. The van der Waals surface area contributed by atoms with E-state index in [0.29, 0.717) is 25.4 Å². The number of rotatable bonds is 8. The first-order chi connectivity index (χ1) is 15.5. The zero-order valence-electron chi connectivity index (χ0n) is 18.3. The van der Waals surface area contributed by atoms with E-state index in [9.17, 15) is 14.4 Å². The predicted molar refractivity (Wildman–Crippen MR) is 123 cm³/mol. The Morgan fingerprint density at radius 2 is 1.97 bits per heavy atom. The van der Waals surface area contributed by atoms with Crippen molar-refractivity contribution < 1.29 is 18.8 Å². The highest BCUT2D eigenvalue weighted by Crippen LogP contribution is 2.17. The van der Waals surface area contributed by atoms with Crippen molar-refractivity contribution in [2.45, 2.75) is 26.2 Å². The first-order valence-electron chi connectivity index (χ1n) is 10.9. The summed E-state index contributed by atoms with van der Waals surface area (Å²) in [6.45, 7) is 4.09. The van der Waals surface area contributed by atoms with Crippen molar-refractivity contribution in [1.82, 2.24) is 15.5 Å². The van der Waals surface area contributed by atoms with Crippen LogP contribution < -0.4 is 16.0 Å². The van der Waals surface area contributed by atoms with Crippen LogP contribution in [0.15, 0.2) is 53.2 Å². The molecule has 0 spiro atoms. The van der Waals surface area contributed by atoms with E-state index in [-0.39, 0.29) is 36.7 Å². The number of benzene rings is 1. The van der Waals surface area contributed by atoms with E-state index < -0.39 is 0 Å². The average Bonchev–Trinajstić information content (AvgIpc) is 3.32. The molecule has 0 radical (unpaired) electrons. The molecular formula is C24H30N4O4. The summed E-state index contributed by atoms with van der Waals surface area (Å²) in [7, 11) is 0. The van der Waals surface area contributed by atoms with Crippen molar-refractivity contribution in [2.24, 2.45) is 5.92 Å². The summed E-state index contributed by atoms with van der Waals surface area (Å²) in [5.74, 6) is 0.544. The monoisotopic (exact) mass is 438 g/mol. The Hall–Kier alpha value is -3.55. The van der Waals surface area contributed by atoms with Crippen LogP contribution in [-0.2, 0) is 9.59 Å². The van der Waals surface area contributed by atoms with Crippen molar-refractivity contribution in [1.29, 1.82) is 0 Å². The Labute approximate surface area is 188 Å². The van der Waals surface area contributed by atoms with Gasteiger partial charge < -0.3 is 25.3 Å². The van der Waals surface area contributed by atoms with Gasteiger partial charge in [0.1, 0.15) is 5.76 Å². The fourth-order valence-corrected chi connectivity index (χ4v) is 3.56. The zero-order chi connectivity index (χ0) is 22.8. The number of urea groups is 1. The summed E-state index contributed by atoms with van der Waals surface area (Å²) in [5.41, 5.74) is 1.88. The standard InChI is InChI=1S/C24H30N4O4/c1-18-6-8-20(9-7-18)27-24(31)26-16-19-4-2-14-28(17-19)23(30)12-13-25-22(29)11-10-21-5-3-15-32-21/h3,5-11,15,19H,2,4,12-14,16-17H2,1H3,(H,25,29)(H2,26,27,31)/b11-10+. The van der Waals surface area contributed by atoms with Crippen molar-refractivity contribution in [3.8, 4) is 0 Å². The second-order valence-corrected chi connectivity index (χ2v) is 7.94. The van der Waals surface area contributed by atoms with Crippen molar-refractivity contribution in [3.05, 3.63) is 60.1 Å². The fraction of sp³-hybridized carbons (Fsp3) is 0.375. The molecule has 1 aliphatic rings. The van der Waals surface area contributed by atoms with E-state index in [1.54, 1.807) is 18.2 Å². The van der Waals surface area contributed by atoms with Crippen LogP contribution in [0, 0.1) is 12.8 Å². The van der Waals surface area contributed by atoms with Gasteiger partial charge in [0.25, 0.3) is 0 Å². The number of piperidine rings is 1. The van der Waals surface area contributed by atoms with Crippen LogP contribution in [-0.4, -0.2) is 48.9 Å². The van der Waals surface area contributed by atoms with Gasteiger partial charge >= 0.3 is 6.03 Å². The summed E-state index contributed by atoms with van der Waals surface area (Å²) in [4.78, 5) is 38.3. The molecule has 170 valence electrons. The van der Waals surface area contributed by atoms with Crippen molar-refractivity contribution in [3.63, 3.8) is 0 Å². The van der Waals surface area contributed by atoms with E-state index in [1.165, 1.54) is 12.3 Å². The highest BCUT2D eigenvalue weighted by Gasteiger charge is 2.23. The third-order valence-corrected chi connectivity index (χ3v) is 5.31. The van der Waals surface area contributed by atoms with Crippen LogP contribution in [0.1, 0.15) is 30.6 Å². The lowest BCUT2D eigenvalue weighted by Gasteiger charge is -2.33. The van der Waals surface area contributed by atoms with E-state index in [4.69, 9.17) is 4.42 Å². The molecule has 8 nitrogen and oxygen atoms in total. The second-order valence-electron chi connectivity index (χ2n) is 7.94. The Morgan fingerprint density at radius 3 is 2.72 bits per heavy atom. The molecule has 0 saturated carbocycles. The van der Waals surface area contributed by atoms with Gasteiger partial charge in [-0.15, -0.1) is 0 Å². The molecule has 1 atom stereocenters. The third-order valence-electron chi connectivity index (χ3n) is 5.31. The minimum Gasteiger partial charge on any atom is -0.465 e. The molecule has 4 amide bonds. The van der Waals surface area contributed by atoms with Gasteiger partial charge in [0.15, 0.2) is 0 Å². The summed E-state index contributed by atoms with van der Waals surface area (Å²) < 4.78 is 5.13. The number of aryl methyl sites for hydroxylation is 1. The second kappa shape index (κ2) is 11.7. The molecule has 32 heavy (non-hydrogen) atoms. The minimum atomic E-state index is -0.269. The third kappa shape index (κ3) is 7.61. The summed E-state index contributed by atoms with van der Waals surface area (Å²) in [6, 6.07) is 10.9. The zero-order valence-corrected chi connectivity index (χ0v) is 18.3. The van der Waals surface area contributed by atoms with Crippen LogP contribution in [0.25, 0.3) is 6.08 Å². The SMILES string of the molecule is Cc1ccc(NC(=O)NCC2CCCN(C(=O)CCNC(=O)/C=C/c3ccco3)C2)cc1. The lowest BCUT2D eigenvalue weighted by atomic mass is 9.98. The van der Waals surface area contributed by atoms with E-state index in [0.717, 1.165) is 24.1 Å². The van der Waals surface area contributed by atoms with Crippen molar-refractivity contribution in [2.75, 3.05) is 31.5 Å². The maximum Gasteiger partial charge on any atom is 0.319 e. The molecule has 0 bridgehead atoms. The van der Waals surface area contributed by atoms with Crippen LogP contribution in [0.2, 0.25) is 0 Å². The van der Waals surface area contributed by atoms with E-state index in [2.05, 4.69) is 16.0 Å². The number of nitrogens with one attached hydrogen (secondary N) is 3. The van der Waals surface area contributed by atoms with Gasteiger partial charge in [0.05, 0.1) is 6.26 Å². The number of hydrogen-bond donors (Lipinski definition) is 3. The largest absolute Gasteiger partial charge is 0.465 e. The van der Waals surface area contributed by atoms with E-state index in [1.807, 2.05) is 36.1 Å². The highest BCUT2D eigenvalue weighted by atomic mass is 16.3. The number of hydrogen-bond acceptors (Lipinski definition) is 4. The lowest BCUT2D eigenvalue weighted by molar-refractivity contribution is -0.132. The van der Waals surface area contributed by atoms with Crippen LogP contribution in [0.5, 0.6) is 0 Å². The quantitative estimate of drug-likeness (QED) is 0.551. The Morgan fingerprint density at radius 1 is 1.16 bits per heavy atom. The highest BCUT2D eigenvalue weighted by molar-refractivity contribution is 5.91. The first kappa shape index (κ1) is 23.1. The van der Waals surface area contributed by atoms with Gasteiger partial charge in [-0.3, -0.25) is 9.59 Å². The van der Waals surface area contributed by atoms with Crippen LogP contribution in [0.4, 0.5) is 10.5 Å². The minimum absolute atomic E-state index is 0.00845. The summed E-state index contributed by atoms with van der Waals surface area (Å²) >= 11 is 0. The number of carbonyl (C=O) groups excluding carboxylic acids is 3. The number of carbonyl (C=O) groups is 3.